The van der Waals surface area contributed by atoms with Gasteiger partial charge in [-0.25, -0.2) is 0 Å². The summed E-state index contributed by atoms with van der Waals surface area (Å²) in [6.07, 6.45) is 0.0767. The second kappa shape index (κ2) is 7.38. The van der Waals surface area contributed by atoms with E-state index in [0.29, 0.717) is 6.54 Å². The number of benzene rings is 1. The maximum atomic E-state index is 11.2. The third kappa shape index (κ3) is 5.39. The first-order chi connectivity index (χ1) is 9.02. The molecule has 0 aromatic heterocycles. The van der Waals surface area contributed by atoms with E-state index in [0.717, 1.165) is 11.3 Å². The van der Waals surface area contributed by atoms with Gasteiger partial charge in [0.25, 0.3) is 0 Å². The van der Waals surface area contributed by atoms with Crippen molar-refractivity contribution in [1.29, 1.82) is 0 Å². The SMILES string of the molecule is COc1cccc(CN[C@@H](CCC(=O)O)C(N)=O)c1. The number of primary amides is 1. The highest BCUT2D eigenvalue weighted by Crippen LogP contribution is 2.12. The molecule has 0 radical (unpaired) electrons. The maximum Gasteiger partial charge on any atom is 0.303 e. The lowest BCUT2D eigenvalue weighted by Gasteiger charge is -2.14. The molecular weight excluding hydrogens is 248 g/mol. The molecule has 0 aliphatic rings. The molecule has 0 bridgehead atoms. The minimum atomic E-state index is -0.950. The van der Waals surface area contributed by atoms with Gasteiger partial charge in [0.05, 0.1) is 13.2 Å². The van der Waals surface area contributed by atoms with E-state index in [9.17, 15) is 9.59 Å². The van der Waals surface area contributed by atoms with Crippen molar-refractivity contribution in [3.8, 4) is 5.75 Å². The Morgan fingerprint density at radius 3 is 2.79 bits per heavy atom. The van der Waals surface area contributed by atoms with Crippen molar-refractivity contribution in [2.75, 3.05) is 7.11 Å². The quantitative estimate of drug-likeness (QED) is 0.636. The molecule has 0 heterocycles. The fourth-order valence-corrected chi connectivity index (χ4v) is 1.64. The van der Waals surface area contributed by atoms with Gasteiger partial charge in [-0.3, -0.25) is 9.59 Å². The van der Waals surface area contributed by atoms with Crippen molar-refractivity contribution in [3.63, 3.8) is 0 Å². The molecule has 104 valence electrons. The number of carboxylic acid groups (broad SMARTS) is 1. The number of ether oxygens (including phenoxy) is 1. The van der Waals surface area contributed by atoms with Gasteiger partial charge in [-0.05, 0) is 24.1 Å². The van der Waals surface area contributed by atoms with Crippen LogP contribution in [-0.4, -0.2) is 30.1 Å². The van der Waals surface area contributed by atoms with Gasteiger partial charge in [0, 0.05) is 13.0 Å². The Balaban J connectivity index is 2.55. The van der Waals surface area contributed by atoms with E-state index >= 15 is 0 Å². The van der Waals surface area contributed by atoms with Gasteiger partial charge in [-0.2, -0.15) is 0 Å². The number of rotatable bonds is 8. The van der Waals surface area contributed by atoms with Crippen LogP contribution in [0.5, 0.6) is 5.75 Å². The van der Waals surface area contributed by atoms with Gasteiger partial charge >= 0.3 is 5.97 Å². The molecule has 0 unspecified atom stereocenters. The van der Waals surface area contributed by atoms with Crippen LogP contribution in [-0.2, 0) is 16.1 Å². The molecular formula is C13H18N2O4. The number of carboxylic acids is 1. The van der Waals surface area contributed by atoms with Crippen LogP contribution < -0.4 is 15.8 Å². The number of nitrogens with one attached hydrogen (secondary N) is 1. The third-order valence-corrected chi connectivity index (χ3v) is 2.68. The monoisotopic (exact) mass is 266 g/mol. The van der Waals surface area contributed by atoms with Gasteiger partial charge < -0.3 is 20.9 Å². The van der Waals surface area contributed by atoms with Crippen molar-refractivity contribution in [2.24, 2.45) is 5.73 Å². The average Bonchev–Trinajstić information content (AvgIpc) is 2.38. The molecule has 1 aromatic rings. The van der Waals surface area contributed by atoms with E-state index in [-0.39, 0.29) is 12.8 Å². The highest BCUT2D eigenvalue weighted by molar-refractivity contribution is 5.80. The van der Waals surface area contributed by atoms with Crippen molar-refractivity contribution < 1.29 is 19.4 Å². The van der Waals surface area contributed by atoms with Crippen molar-refractivity contribution in [1.82, 2.24) is 5.32 Å². The minimum Gasteiger partial charge on any atom is -0.497 e. The Bertz CT molecular complexity index is 448. The summed E-state index contributed by atoms with van der Waals surface area (Å²) in [4.78, 5) is 21.7. The first kappa shape index (κ1) is 15.0. The van der Waals surface area contributed by atoms with Crippen molar-refractivity contribution >= 4 is 11.9 Å². The molecule has 0 spiro atoms. The zero-order valence-electron chi connectivity index (χ0n) is 10.8. The predicted molar refractivity (Wildman–Crippen MR) is 69.7 cm³/mol. The second-order valence-electron chi connectivity index (χ2n) is 4.12. The molecule has 0 aliphatic heterocycles. The van der Waals surface area contributed by atoms with Crippen LogP contribution in [0, 0.1) is 0 Å². The van der Waals surface area contributed by atoms with E-state index in [1.807, 2.05) is 24.3 Å². The minimum absolute atomic E-state index is 0.0985. The normalized spacial score (nSPS) is 11.8. The Labute approximate surface area is 111 Å². The molecule has 1 atom stereocenters. The molecule has 6 nitrogen and oxygen atoms in total. The Morgan fingerprint density at radius 2 is 2.21 bits per heavy atom. The molecule has 6 heteroatoms. The largest absolute Gasteiger partial charge is 0.497 e. The van der Waals surface area contributed by atoms with E-state index in [2.05, 4.69) is 5.32 Å². The molecule has 4 N–H and O–H groups in total. The van der Waals surface area contributed by atoms with Crippen LogP contribution in [0.25, 0.3) is 0 Å². The zero-order valence-corrected chi connectivity index (χ0v) is 10.8. The lowest BCUT2D eigenvalue weighted by Crippen LogP contribution is -2.41. The van der Waals surface area contributed by atoms with Gasteiger partial charge in [-0.15, -0.1) is 0 Å². The molecule has 19 heavy (non-hydrogen) atoms. The highest BCUT2D eigenvalue weighted by Gasteiger charge is 2.15. The first-order valence-electron chi connectivity index (χ1n) is 5.90. The van der Waals surface area contributed by atoms with Gasteiger partial charge in [0.2, 0.25) is 5.91 Å². The van der Waals surface area contributed by atoms with E-state index in [4.69, 9.17) is 15.6 Å². The molecule has 0 fully saturated rings. The van der Waals surface area contributed by atoms with Crippen LogP contribution in [0.4, 0.5) is 0 Å². The lowest BCUT2D eigenvalue weighted by molar-refractivity contribution is -0.137. The van der Waals surface area contributed by atoms with E-state index in [1.54, 1.807) is 7.11 Å². The average molecular weight is 266 g/mol. The number of hydrogen-bond acceptors (Lipinski definition) is 4. The lowest BCUT2D eigenvalue weighted by atomic mass is 10.1. The summed E-state index contributed by atoms with van der Waals surface area (Å²) in [7, 11) is 1.58. The summed E-state index contributed by atoms with van der Waals surface area (Å²) in [5.74, 6) is -0.779. The topological polar surface area (TPSA) is 102 Å². The Kier molecular flexibility index (Phi) is 5.81. The van der Waals surface area contributed by atoms with Crippen LogP contribution in [0.15, 0.2) is 24.3 Å². The standard InChI is InChI=1S/C13H18N2O4/c1-19-10-4-2-3-9(7-10)8-15-11(13(14)18)5-6-12(16)17/h2-4,7,11,15H,5-6,8H2,1H3,(H2,14,18)(H,16,17)/t11-/m0/s1. The van der Waals surface area contributed by atoms with Gasteiger partial charge in [0.1, 0.15) is 5.75 Å². The first-order valence-corrected chi connectivity index (χ1v) is 5.90. The number of amides is 1. The third-order valence-electron chi connectivity index (χ3n) is 2.68. The molecule has 1 amide bonds. The molecule has 0 saturated heterocycles. The van der Waals surface area contributed by atoms with Crippen molar-refractivity contribution in [3.05, 3.63) is 29.8 Å². The number of nitrogens with two attached hydrogens (primary N) is 1. The summed E-state index contributed by atoms with van der Waals surface area (Å²) in [5, 5.41) is 11.6. The summed E-state index contributed by atoms with van der Waals surface area (Å²) in [5.41, 5.74) is 6.16. The van der Waals surface area contributed by atoms with Crippen LogP contribution in [0.3, 0.4) is 0 Å². The fourth-order valence-electron chi connectivity index (χ4n) is 1.64. The van der Waals surface area contributed by atoms with E-state index in [1.165, 1.54) is 0 Å². The highest BCUT2D eigenvalue weighted by atomic mass is 16.5. The number of carbonyl (C=O) groups excluding carboxylic acids is 1. The Morgan fingerprint density at radius 1 is 1.47 bits per heavy atom. The molecule has 1 rings (SSSR count). The van der Waals surface area contributed by atoms with Gasteiger partial charge in [-0.1, -0.05) is 12.1 Å². The number of hydrogen-bond donors (Lipinski definition) is 3. The zero-order chi connectivity index (χ0) is 14.3. The van der Waals surface area contributed by atoms with E-state index < -0.39 is 17.9 Å². The molecule has 1 aromatic carbocycles. The van der Waals surface area contributed by atoms with Crippen LogP contribution >= 0.6 is 0 Å². The molecule has 0 aliphatic carbocycles. The maximum absolute atomic E-state index is 11.2. The van der Waals surface area contributed by atoms with Gasteiger partial charge in [0.15, 0.2) is 0 Å². The number of methoxy groups -OCH3 is 1. The smallest absolute Gasteiger partial charge is 0.303 e. The summed E-state index contributed by atoms with van der Waals surface area (Å²) in [6.45, 7) is 0.421. The summed E-state index contributed by atoms with van der Waals surface area (Å²) in [6, 6.07) is 6.72. The van der Waals surface area contributed by atoms with Crippen LogP contribution in [0.2, 0.25) is 0 Å². The predicted octanol–water partition coefficient (Wildman–Crippen LogP) is 0.503. The second-order valence-corrected chi connectivity index (χ2v) is 4.12. The Hall–Kier alpha value is -2.08. The fraction of sp³-hybridized carbons (Fsp3) is 0.385. The number of carbonyl (C=O) groups is 2. The molecule has 0 saturated carbocycles. The van der Waals surface area contributed by atoms with Crippen molar-refractivity contribution in [2.45, 2.75) is 25.4 Å². The number of aliphatic carboxylic acids is 1. The van der Waals surface area contributed by atoms with Crippen LogP contribution in [0.1, 0.15) is 18.4 Å². The summed E-state index contributed by atoms with van der Waals surface area (Å²) >= 11 is 0. The summed E-state index contributed by atoms with van der Waals surface area (Å²) < 4.78 is 5.09.